The summed E-state index contributed by atoms with van der Waals surface area (Å²) in [5.41, 5.74) is 0.777. The van der Waals surface area contributed by atoms with Crippen molar-refractivity contribution in [3.05, 3.63) is 59.2 Å². The van der Waals surface area contributed by atoms with Crippen LogP contribution in [-0.2, 0) is 10.0 Å². The second-order valence-electron chi connectivity index (χ2n) is 7.60. The van der Waals surface area contributed by atoms with Gasteiger partial charge in [0.1, 0.15) is 0 Å². The molecule has 2 aromatic rings. The summed E-state index contributed by atoms with van der Waals surface area (Å²) >= 11 is 0. The van der Waals surface area contributed by atoms with Gasteiger partial charge in [0.15, 0.2) is 0 Å². The van der Waals surface area contributed by atoms with Crippen molar-refractivity contribution < 1.29 is 22.8 Å². The fourth-order valence-corrected chi connectivity index (χ4v) is 4.98. The Hall–Kier alpha value is -3.04. The van der Waals surface area contributed by atoms with Crippen molar-refractivity contribution in [3.8, 4) is 0 Å². The fourth-order valence-electron chi connectivity index (χ4n) is 3.47. The lowest BCUT2D eigenvalue weighted by molar-refractivity contribution is 0.0879. The molecule has 1 heterocycles. The molecule has 3 amide bonds. The number of sulfonamides is 1. The van der Waals surface area contributed by atoms with E-state index in [4.69, 9.17) is 0 Å². The topological polar surface area (TPSA) is 113 Å². The van der Waals surface area contributed by atoms with E-state index in [0.717, 1.165) is 25.7 Å². The number of rotatable bonds is 10. The number of nitrogens with one attached hydrogen (secondary N) is 2. The van der Waals surface area contributed by atoms with Crippen LogP contribution >= 0.6 is 0 Å². The molecule has 0 spiro atoms. The molecule has 0 fully saturated rings. The Morgan fingerprint density at radius 3 is 2.16 bits per heavy atom. The van der Waals surface area contributed by atoms with Gasteiger partial charge in [-0.1, -0.05) is 32.8 Å². The maximum Gasteiger partial charge on any atom is 0.261 e. The number of hydrogen-bond donors (Lipinski definition) is 2. The zero-order valence-corrected chi connectivity index (χ0v) is 19.0. The lowest BCUT2D eigenvalue weighted by Crippen LogP contribution is -2.33. The highest BCUT2D eigenvalue weighted by Gasteiger charge is 2.30. The lowest BCUT2D eigenvalue weighted by atomic mass is 10.1. The number of hydrogen-bond acceptors (Lipinski definition) is 5. The number of anilines is 1. The van der Waals surface area contributed by atoms with Crippen molar-refractivity contribution in [2.24, 2.45) is 0 Å². The Morgan fingerprint density at radius 1 is 0.938 bits per heavy atom. The van der Waals surface area contributed by atoms with E-state index in [1.54, 1.807) is 6.07 Å². The molecule has 1 aliphatic rings. The minimum atomic E-state index is -3.66. The number of amides is 3. The molecule has 0 unspecified atom stereocenters. The van der Waals surface area contributed by atoms with E-state index >= 15 is 0 Å². The minimum absolute atomic E-state index is 0.118. The molecule has 1 aliphatic heterocycles. The summed E-state index contributed by atoms with van der Waals surface area (Å²) in [6.07, 6.45) is 3.34. The second kappa shape index (κ2) is 10.1. The third-order valence-corrected chi connectivity index (χ3v) is 7.20. The van der Waals surface area contributed by atoms with E-state index < -0.39 is 27.7 Å². The van der Waals surface area contributed by atoms with Gasteiger partial charge >= 0.3 is 0 Å². The molecule has 0 aromatic heterocycles. The van der Waals surface area contributed by atoms with Crippen molar-refractivity contribution in [2.75, 3.05) is 18.4 Å². The number of carbonyl (C=O) groups excluding carboxylic acids is 3. The van der Waals surface area contributed by atoms with E-state index in [2.05, 4.69) is 10.6 Å². The van der Waals surface area contributed by atoms with Crippen molar-refractivity contribution in [2.45, 2.75) is 44.4 Å². The van der Waals surface area contributed by atoms with E-state index in [9.17, 15) is 22.8 Å². The van der Waals surface area contributed by atoms with Gasteiger partial charge in [-0.15, -0.1) is 0 Å². The molecule has 0 atom stereocenters. The van der Waals surface area contributed by atoms with Gasteiger partial charge in [-0.25, -0.2) is 8.42 Å². The van der Waals surface area contributed by atoms with Crippen molar-refractivity contribution in [1.29, 1.82) is 0 Å². The second-order valence-corrected chi connectivity index (χ2v) is 9.54. The SMILES string of the molecule is CCCCN(CCCC)S(=O)(=O)c1ccc(C(=O)Nc2cccc3c2C(=O)NC3=O)cc1. The Bertz CT molecular complexity index is 1120. The molecular formula is C23H27N3O5S. The van der Waals surface area contributed by atoms with Gasteiger partial charge in [-0.3, -0.25) is 19.7 Å². The summed E-state index contributed by atoms with van der Waals surface area (Å²) in [5, 5.41) is 4.83. The predicted octanol–water partition coefficient (Wildman–Crippen LogP) is 3.41. The summed E-state index contributed by atoms with van der Waals surface area (Å²) in [5.74, 6) is -1.59. The van der Waals surface area contributed by atoms with Gasteiger partial charge in [-0.2, -0.15) is 4.31 Å². The highest BCUT2D eigenvalue weighted by atomic mass is 32.2. The summed E-state index contributed by atoms with van der Waals surface area (Å²) < 4.78 is 27.6. The Balaban J connectivity index is 1.79. The summed E-state index contributed by atoms with van der Waals surface area (Å²) in [6.45, 7) is 4.95. The molecule has 3 rings (SSSR count). The first-order valence-electron chi connectivity index (χ1n) is 10.7. The van der Waals surface area contributed by atoms with Crippen LogP contribution in [0, 0.1) is 0 Å². The fraction of sp³-hybridized carbons (Fsp3) is 0.348. The molecule has 2 N–H and O–H groups in total. The number of fused-ring (bicyclic) bond motifs is 1. The standard InChI is InChI=1S/C23H27N3O5S/c1-3-5-14-26(15-6-4-2)32(30,31)17-12-10-16(11-13-17)21(27)24-19-9-7-8-18-20(19)23(29)25-22(18)28/h7-13H,3-6,14-15H2,1-2H3,(H,24,27)(H,25,28,29). The third-order valence-electron chi connectivity index (χ3n) is 5.29. The van der Waals surface area contributed by atoms with Crippen LogP contribution in [0.3, 0.4) is 0 Å². The highest BCUT2D eigenvalue weighted by Crippen LogP contribution is 2.25. The number of imide groups is 1. The normalized spacial score (nSPS) is 13.2. The van der Waals surface area contributed by atoms with Crippen LogP contribution in [0.25, 0.3) is 0 Å². The van der Waals surface area contributed by atoms with Crippen LogP contribution in [0.4, 0.5) is 5.69 Å². The largest absolute Gasteiger partial charge is 0.321 e. The van der Waals surface area contributed by atoms with Crippen LogP contribution in [-0.4, -0.2) is 43.5 Å². The van der Waals surface area contributed by atoms with Gasteiger partial charge in [0.2, 0.25) is 10.0 Å². The molecule has 170 valence electrons. The van der Waals surface area contributed by atoms with Crippen LogP contribution in [0.15, 0.2) is 47.4 Å². The van der Waals surface area contributed by atoms with Crippen molar-refractivity contribution in [1.82, 2.24) is 9.62 Å². The zero-order valence-electron chi connectivity index (χ0n) is 18.2. The van der Waals surface area contributed by atoms with Crippen LogP contribution in [0.1, 0.15) is 70.6 Å². The summed E-state index contributed by atoms with van der Waals surface area (Å²) in [6, 6.07) is 10.3. The number of benzene rings is 2. The van der Waals surface area contributed by atoms with E-state index in [0.29, 0.717) is 13.1 Å². The van der Waals surface area contributed by atoms with E-state index in [1.165, 1.54) is 40.7 Å². The highest BCUT2D eigenvalue weighted by molar-refractivity contribution is 7.89. The van der Waals surface area contributed by atoms with Crippen molar-refractivity contribution >= 4 is 33.4 Å². The maximum absolute atomic E-state index is 13.1. The average Bonchev–Trinajstić information content (AvgIpc) is 3.08. The summed E-state index contributed by atoms with van der Waals surface area (Å²) in [4.78, 5) is 36.6. The Morgan fingerprint density at radius 2 is 1.56 bits per heavy atom. The zero-order chi connectivity index (χ0) is 23.3. The number of unbranched alkanes of at least 4 members (excludes halogenated alkanes) is 2. The average molecular weight is 458 g/mol. The molecule has 2 aromatic carbocycles. The predicted molar refractivity (Wildman–Crippen MR) is 121 cm³/mol. The van der Waals surface area contributed by atoms with Gasteiger partial charge in [0.05, 0.1) is 21.7 Å². The summed E-state index contributed by atoms with van der Waals surface area (Å²) in [7, 11) is -3.66. The minimum Gasteiger partial charge on any atom is -0.321 e. The van der Waals surface area contributed by atoms with Gasteiger partial charge < -0.3 is 5.32 Å². The molecular weight excluding hydrogens is 430 g/mol. The number of carbonyl (C=O) groups is 3. The molecule has 0 saturated carbocycles. The Labute approximate surface area is 188 Å². The van der Waals surface area contributed by atoms with E-state index in [-0.39, 0.29) is 27.3 Å². The number of nitrogens with zero attached hydrogens (tertiary/aromatic N) is 1. The third kappa shape index (κ3) is 4.89. The molecule has 0 radical (unpaired) electrons. The van der Waals surface area contributed by atoms with Crippen LogP contribution in [0.5, 0.6) is 0 Å². The molecule has 0 bridgehead atoms. The van der Waals surface area contributed by atoms with E-state index in [1.807, 2.05) is 13.8 Å². The van der Waals surface area contributed by atoms with Crippen molar-refractivity contribution in [3.63, 3.8) is 0 Å². The van der Waals surface area contributed by atoms with Gasteiger partial charge in [0.25, 0.3) is 17.7 Å². The van der Waals surface area contributed by atoms with Gasteiger partial charge in [0, 0.05) is 18.7 Å². The smallest absolute Gasteiger partial charge is 0.261 e. The Kier molecular flexibility index (Phi) is 7.42. The van der Waals surface area contributed by atoms with Gasteiger partial charge in [-0.05, 0) is 49.2 Å². The molecule has 32 heavy (non-hydrogen) atoms. The maximum atomic E-state index is 13.1. The molecule has 0 saturated heterocycles. The quantitative estimate of drug-likeness (QED) is 0.531. The van der Waals surface area contributed by atoms with Crippen LogP contribution in [0.2, 0.25) is 0 Å². The first-order valence-corrected chi connectivity index (χ1v) is 12.1. The monoisotopic (exact) mass is 457 g/mol. The lowest BCUT2D eigenvalue weighted by Gasteiger charge is -2.22. The molecule has 9 heteroatoms. The molecule has 8 nitrogen and oxygen atoms in total. The first-order chi connectivity index (χ1) is 15.3. The molecule has 0 aliphatic carbocycles. The first kappa shape index (κ1) is 23.6. The van der Waals surface area contributed by atoms with Crippen LogP contribution < -0.4 is 10.6 Å².